The minimum absolute atomic E-state index is 0.0579. The van der Waals surface area contributed by atoms with Crippen LogP contribution in [-0.2, 0) is 9.47 Å². The summed E-state index contributed by atoms with van der Waals surface area (Å²) in [6, 6.07) is 3.72. The molecule has 10 nitrogen and oxygen atoms in total. The van der Waals surface area contributed by atoms with Crippen LogP contribution in [0.1, 0.15) is 11.4 Å². The summed E-state index contributed by atoms with van der Waals surface area (Å²) in [5, 5.41) is 26.7. The molecule has 1 fully saturated rings. The van der Waals surface area contributed by atoms with E-state index < -0.39 is 0 Å². The molecule has 3 heterocycles. The normalized spacial score (nSPS) is 15.8. The maximum Gasteiger partial charge on any atom is 0.159 e. The Kier molecular flexibility index (Phi) is 7.04. The fourth-order valence-electron chi connectivity index (χ4n) is 2.43. The Balaban J connectivity index is 1.75. The second kappa shape index (κ2) is 10.1. The zero-order valence-corrected chi connectivity index (χ0v) is 15.4. The predicted octanol–water partition coefficient (Wildman–Crippen LogP) is 0.280. The second-order valence-corrected chi connectivity index (χ2v) is 5.83. The van der Waals surface area contributed by atoms with Crippen molar-refractivity contribution in [1.82, 2.24) is 25.5 Å². The number of hydrogen-bond acceptors (Lipinski definition) is 10. The number of rotatable bonds is 6. The van der Waals surface area contributed by atoms with Crippen molar-refractivity contribution < 1.29 is 9.47 Å². The van der Waals surface area contributed by atoms with Crippen molar-refractivity contribution in [3.8, 4) is 17.9 Å². The molecular weight excluding hydrogens is 360 g/mol. The Labute approximate surface area is 162 Å². The summed E-state index contributed by atoms with van der Waals surface area (Å²) in [6.07, 6.45) is 2.90. The van der Waals surface area contributed by atoms with Crippen LogP contribution >= 0.6 is 0 Å². The number of methoxy groups -OCH3 is 1. The van der Waals surface area contributed by atoms with Gasteiger partial charge in [0, 0.05) is 32.8 Å². The maximum absolute atomic E-state index is 8.80. The van der Waals surface area contributed by atoms with Crippen LogP contribution in [0.15, 0.2) is 18.5 Å². The van der Waals surface area contributed by atoms with Gasteiger partial charge in [0.2, 0.25) is 0 Å². The molecule has 2 aromatic heterocycles. The molecule has 1 saturated heterocycles. The van der Waals surface area contributed by atoms with Gasteiger partial charge >= 0.3 is 0 Å². The van der Waals surface area contributed by atoms with Gasteiger partial charge in [-0.2, -0.15) is 5.26 Å². The first-order valence-corrected chi connectivity index (χ1v) is 8.69. The summed E-state index contributed by atoms with van der Waals surface area (Å²) in [5.74, 6) is 6.76. The standard InChI is InChI=1S/C18H20N8O2/c1-27-5-2-3-15-16(22-11-14-10-20-4-6-28-14)7-17(26-25-15)24-18-12-21-13(8-19)9-23-18/h7,9,12,14,20H,4-6,10-11H2,1H3,(H2,22,23,24,26). The number of hydrogen-bond donors (Lipinski definition) is 3. The molecule has 0 saturated carbocycles. The molecule has 10 heteroatoms. The van der Waals surface area contributed by atoms with E-state index in [1.165, 1.54) is 12.4 Å². The summed E-state index contributed by atoms with van der Waals surface area (Å²) in [5.41, 5.74) is 1.47. The van der Waals surface area contributed by atoms with E-state index in [-0.39, 0.29) is 11.8 Å². The average Bonchev–Trinajstić information content (AvgIpc) is 2.75. The van der Waals surface area contributed by atoms with Gasteiger partial charge in [-0.25, -0.2) is 9.97 Å². The van der Waals surface area contributed by atoms with Crippen LogP contribution in [0.25, 0.3) is 0 Å². The highest BCUT2D eigenvalue weighted by Crippen LogP contribution is 2.18. The number of anilines is 3. The molecule has 0 bridgehead atoms. The third-order valence-electron chi connectivity index (χ3n) is 3.76. The van der Waals surface area contributed by atoms with Crippen LogP contribution in [0.2, 0.25) is 0 Å². The molecule has 3 N–H and O–H groups in total. The van der Waals surface area contributed by atoms with Gasteiger partial charge in [0.1, 0.15) is 18.5 Å². The van der Waals surface area contributed by atoms with Crippen molar-refractivity contribution in [3.05, 3.63) is 29.8 Å². The molecule has 1 aliphatic heterocycles. The third-order valence-corrected chi connectivity index (χ3v) is 3.76. The van der Waals surface area contributed by atoms with Crippen molar-refractivity contribution in [3.63, 3.8) is 0 Å². The summed E-state index contributed by atoms with van der Waals surface area (Å²) < 4.78 is 10.7. The lowest BCUT2D eigenvalue weighted by atomic mass is 10.2. The molecule has 3 rings (SSSR count). The zero-order valence-electron chi connectivity index (χ0n) is 15.4. The Morgan fingerprint density at radius 1 is 1.32 bits per heavy atom. The molecule has 0 aliphatic carbocycles. The molecule has 1 aliphatic rings. The lowest BCUT2D eigenvalue weighted by Gasteiger charge is -2.24. The van der Waals surface area contributed by atoms with Gasteiger partial charge in [0.05, 0.1) is 30.8 Å². The van der Waals surface area contributed by atoms with E-state index in [2.05, 4.69) is 48.0 Å². The molecule has 144 valence electrons. The van der Waals surface area contributed by atoms with E-state index in [0.29, 0.717) is 37.1 Å². The Hall–Kier alpha value is -3.31. The van der Waals surface area contributed by atoms with E-state index in [1.807, 2.05) is 6.07 Å². The lowest BCUT2D eigenvalue weighted by Crippen LogP contribution is -2.42. The minimum Gasteiger partial charge on any atom is -0.380 e. The van der Waals surface area contributed by atoms with Crippen molar-refractivity contribution in [2.75, 3.05) is 50.6 Å². The molecule has 0 aromatic carbocycles. The Morgan fingerprint density at radius 3 is 2.96 bits per heavy atom. The van der Waals surface area contributed by atoms with Gasteiger partial charge in [0.25, 0.3) is 0 Å². The highest BCUT2D eigenvalue weighted by atomic mass is 16.5. The lowest BCUT2D eigenvalue weighted by molar-refractivity contribution is 0.0372. The summed E-state index contributed by atoms with van der Waals surface area (Å²) in [4.78, 5) is 8.09. The van der Waals surface area contributed by atoms with E-state index in [1.54, 1.807) is 13.2 Å². The van der Waals surface area contributed by atoms with Crippen LogP contribution < -0.4 is 16.0 Å². The third kappa shape index (κ3) is 5.59. The van der Waals surface area contributed by atoms with Gasteiger partial charge in [-0.3, -0.25) is 0 Å². The van der Waals surface area contributed by atoms with Gasteiger partial charge in [-0.05, 0) is 5.92 Å². The molecule has 2 aromatic rings. The maximum atomic E-state index is 8.80. The summed E-state index contributed by atoms with van der Waals surface area (Å²) >= 11 is 0. The van der Waals surface area contributed by atoms with Crippen molar-refractivity contribution in [1.29, 1.82) is 5.26 Å². The van der Waals surface area contributed by atoms with Crippen LogP contribution in [0.4, 0.5) is 17.3 Å². The SMILES string of the molecule is COCC#Cc1nnc(Nc2cnc(C#N)cn2)cc1NCC1CNCCO1. The molecule has 28 heavy (non-hydrogen) atoms. The minimum atomic E-state index is 0.0579. The van der Waals surface area contributed by atoms with Crippen molar-refractivity contribution >= 4 is 17.3 Å². The van der Waals surface area contributed by atoms with Crippen LogP contribution in [0.5, 0.6) is 0 Å². The quantitative estimate of drug-likeness (QED) is 0.601. The molecule has 0 amide bonds. The summed E-state index contributed by atoms with van der Waals surface area (Å²) in [6.45, 7) is 3.24. The number of ether oxygens (including phenoxy) is 2. The van der Waals surface area contributed by atoms with Gasteiger partial charge in [-0.15, -0.1) is 10.2 Å². The largest absolute Gasteiger partial charge is 0.380 e. The number of nitrogens with zero attached hydrogens (tertiary/aromatic N) is 5. The fourth-order valence-corrected chi connectivity index (χ4v) is 2.43. The first-order chi connectivity index (χ1) is 13.8. The first kappa shape index (κ1) is 19.5. The number of morpholine rings is 1. The number of aromatic nitrogens is 4. The number of nitrogens with one attached hydrogen (secondary N) is 3. The van der Waals surface area contributed by atoms with Crippen LogP contribution in [0, 0.1) is 23.2 Å². The van der Waals surface area contributed by atoms with Crippen molar-refractivity contribution in [2.45, 2.75) is 6.10 Å². The average molecular weight is 380 g/mol. The van der Waals surface area contributed by atoms with E-state index in [9.17, 15) is 0 Å². The molecule has 0 spiro atoms. The van der Waals surface area contributed by atoms with Gasteiger partial charge < -0.3 is 25.4 Å². The smallest absolute Gasteiger partial charge is 0.159 e. The molecular formula is C18H20N8O2. The highest BCUT2D eigenvalue weighted by molar-refractivity contribution is 5.62. The van der Waals surface area contributed by atoms with Gasteiger partial charge in [-0.1, -0.05) is 5.92 Å². The van der Waals surface area contributed by atoms with Gasteiger partial charge in [0.15, 0.2) is 17.2 Å². The van der Waals surface area contributed by atoms with Crippen LogP contribution in [-0.4, -0.2) is 66.2 Å². The second-order valence-electron chi connectivity index (χ2n) is 5.83. The zero-order chi connectivity index (χ0) is 19.6. The molecule has 0 radical (unpaired) electrons. The molecule has 1 unspecified atom stereocenters. The monoisotopic (exact) mass is 380 g/mol. The molecule has 1 atom stereocenters. The highest BCUT2D eigenvalue weighted by Gasteiger charge is 2.14. The van der Waals surface area contributed by atoms with Crippen LogP contribution in [0.3, 0.4) is 0 Å². The number of nitriles is 1. The Bertz CT molecular complexity index is 879. The topological polar surface area (TPSA) is 130 Å². The van der Waals surface area contributed by atoms with E-state index in [0.717, 1.165) is 18.8 Å². The van der Waals surface area contributed by atoms with Crippen molar-refractivity contribution in [2.24, 2.45) is 0 Å². The Morgan fingerprint density at radius 2 is 2.25 bits per heavy atom. The predicted molar refractivity (Wildman–Crippen MR) is 102 cm³/mol. The fraction of sp³-hybridized carbons (Fsp3) is 0.389. The summed E-state index contributed by atoms with van der Waals surface area (Å²) in [7, 11) is 1.58. The van der Waals surface area contributed by atoms with E-state index >= 15 is 0 Å². The van der Waals surface area contributed by atoms with E-state index in [4.69, 9.17) is 14.7 Å². The first-order valence-electron chi connectivity index (χ1n) is 8.69.